The van der Waals surface area contributed by atoms with Gasteiger partial charge in [-0.2, -0.15) is 13.2 Å². The van der Waals surface area contributed by atoms with E-state index in [1.807, 2.05) is 0 Å². The molecule has 0 fully saturated rings. The van der Waals surface area contributed by atoms with Crippen LogP contribution in [-0.2, 0) is 4.74 Å². The van der Waals surface area contributed by atoms with Crippen LogP contribution in [0.4, 0.5) is 13.2 Å². The summed E-state index contributed by atoms with van der Waals surface area (Å²) in [7, 11) is 0. The molecule has 1 aliphatic rings. The first-order chi connectivity index (χ1) is 4.11. The van der Waals surface area contributed by atoms with E-state index in [1.54, 1.807) is 0 Å². The van der Waals surface area contributed by atoms with Crippen molar-refractivity contribution in [1.82, 2.24) is 0 Å². The van der Waals surface area contributed by atoms with Crippen LogP contribution in [0.3, 0.4) is 0 Å². The Bertz CT molecular complexity index is 130. The van der Waals surface area contributed by atoms with Crippen molar-refractivity contribution in [3.8, 4) is 0 Å². The first kappa shape index (κ1) is 6.54. The minimum atomic E-state index is -4.37. The van der Waals surface area contributed by atoms with Crippen molar-refractivity contribution in [1.29, 1.82) is 0 Å². The van der Waals surface area contributed by atoms with Crippen molar-refractivity contribution in [2.45, 2.75) is 12.4 Å². The van der Waals surface area contributed by atoms with Crippen molar-refractivity contribution in [3.05, 3.63) is 0 Å². The van der Waals surface area contributed by atoms with Crippen molar-refractivity contribution in [2.75, 3.05) is 6.61 Å². The topological polar surface area (TPSA) is 21.6 Å². The van der Waals surface area contributed by atoms with E-state index in [4.69, 9.17) is 0 Å². The van der Waals surface area contributed by atoms with Gasteiger partial charge in [-0.25, -0.2) is 4.99 Å². The molecule has 0 bridgehead atoms. The molecule has 0 saturated carbocycles. The number of rotatable bonds is 0. The maximum Gasteiger partial charge on any atom is 0.435 e. The normalized spacial score (nSPS) is 27.2. The summed E-state index contributed by atoms with van der Waals surface area (Å²) >= 11 is 0. The second kappa shape index (κ2) is 1.98. The van der Waals surface area contributed by atoms with Crippen molar-refractivity contribution >= 4 is 6.21 Å². The lowest BCUT2D eigenvalue weighted by Gasteiger charge is -2.09. The molecule has 1 rings (SSSR count). The largest absolute Gasteiger partial charge is 0.435 e. The first-order valence-electron chi connectivity index (χ1n) is 2.22. The summed E-state index contributed by atoms with van der Waals surface area (Å²) in [6, 6.07) is 0. The number of nitrogens with zero attached hydrogens (tertiary/aromatic N) is 1. The van der Waals surface area contributed by atoms with Gasteiger partial charge in [0, 0.05) is 0 Å². The zero-order valence-corrected chi connectivity index (χ0v) is 4.27. The molecule has 1 heterocycles. The molecule has 0 aromatic rings. The Balaban J connectivity index is 2.53. The predicted octanol–water partition coefficient (Wildman–Crippen LogP) is 0.853. The molecule has 9 heavy (non-hydrogen) atoms. The summed E-state index contributed by atoms with van der Waals surface area (Å²) in [5, 5.41) is 0. The van der Waals surface area contributed by atoms with Gasteiger partial charge < -0.3 is 4.74 Å². The number of halogens is 3. The highest BCUT2D eigenvalue weighted by atomic mass is 19.4. The number of hydrogen-bond acceptors (Lipinski definition) is 2. The molecule has 0 aliphatic carbocycles. The van der Waals surface area contributed by atoms with Gasteiger partial charge >= 0.3 is 6.18 Å². The maximum atomic E-state index is 11.5. The van der Waals surface area contributed by atoms with Crippen LogP contribution < -0.4 is 0 Å². The zero-order chi connectivity index (χ0) is 6.91. The second-order valence-corrected chi connectivity index (χ2v) is 1.49. The zero-order valence-electron chi connectivity index (χ0n) is 4.27. The molecule has 1 unspecified atom stereocenters. The lowest BCUT2D eigenvalue weighted by Crippen LogP contribution is -2.26. The molecule has 0 amide bonds. The lowest BCUT2D eigenvalue weighted by atomic mass is 10.6. The molecule has 1 aliphatic heterocycles. The minimum Gasteiger partial charge on any atom is -0.342 e. The van der Waals surface area contributed by atoms with Crippen LogP contribution in [0.2, 0.25) is 0 Å². The van der Waals surface area contributed by atoms with Gasteiger partial charge in [0.1, 0.15) is 0 Å². The Morgan fingerprint density at radius 2 is 2.22 bits per heavy atom. The predicted molar refractivity (Wildman–Crippen MR) is 23.2 cm³/mol. The van der Waals surface area contributed by atoms with Gasteiger partial charge in [0.15, 0.2) is 0 Å². The molecule has 0 spiro atoms. The average Bonchev–Trinajstić information content (AvgIpc) is 2.08. The minimum absolute atomic E-state index is 0.163. The van der Waals surface area contributed by atoms with Crippen LogP contribution in [0.5, 0.6) is 0 Å². The van der Waals surface area contributed by atoms with Crippen LogP contribution in [0.1, 0.15) is 0 Å². The number of hydrogen-bond donors (Lipinski definition) is 0. The van der Waals surface area contributed by atoms with Gasteiger partial charge in [-0.1, -0.05) is 0 Å². The quantitative estimate of drug-likeness (QED) is 0.486. The van der Waals surface area contributed by atoms with Crippen LogP contribution in [0.15, 0.2) is 4.99 Å². The summed E-state index contributed by atoms with van der Waals surface area (Å²) < 4.78 is 38.6. The third kappa shape index (κ3) is 1.41. The fourth-order valence-electron chi connectivity index (χ4n) is 0.441. The van der Waals surface area contributed by atoms with E-state index < -0.39 is 12.4 Å². The van der Waals surface area contributed by atoms with Gasteiger partial charge in [0.25, 0.3) is 0 Å². The van der Waals surface area contributed by atoms with E-state index in [0.717, 1.165) is 0 Å². The van der Waals surface area contributed by atoms with Crippen LogP contribution >= 0.6 is 0 Å². The summed E-state index contributed by atoms with van der Waals surface area (Å²) in [6.45, 7) is -0.163. The fraction of sp³-hybridized carbons (Fsp3) is 0.750. The monoisotopic (exact) mass is 138 g/mol. The molecule has 1 radical (unpaired) electrons. The molecule has 0 aromatic heterocycles. The van der Waals surface area contributed by atoms with E-state index in [1.165, 1.54) is 0 Å². The van der Waals surface area contributed by atoms with Crippen LogP contribution in [0, 0.1) is 0 Å². The number of aliphatic imine (C=N–C) groups is 1. The van der Waals surface area contributed by atoms with E-state index in [2.05, 4.69) is 15.9 Å². The van der Waals surface area contributed by atoms with Gasteiger partial charge in [-0.05, 0) is 0 Å². The van der Waals surface area contributed by atoms with E-state index in [0.29, 0.717) is 0 Å². The average molecular weight is 138 g/mol. The van der Waals surface area contributed by atoms with Gasteiger partial charge in [0.05, 0.1) is 12.8 Å². The van der Waals surface area contributed by atoms with Crippen molar-refractivity contribution < 1.29 is 17.9 Å². The molecular formula is C4H3F3NO. The molecule has 5 heteroatoms. The van der Waals surface area contributed by atoms with Gasteiger partial charge in [-0.3, -0.25) is 0 Å². The molecule has 0 saturated heterocycles. The highest BCUT2D eigenvalue weighted by Crippen LogP contribution is 2.24. The molecule has 1 atom stereocenters. The van der Waals surface area contributed by atoms with Gasteiger partial charge in [-0.15, -0.1) is 0 Å². The molecule has 51 valence electrons. The number of alkyl halides is 3. The third-order valence-corrected chi connectivity index (χ3v) is 0.794. The Morgan fingerprint density at radius 1 is 1.56 bits per heavy atom. The highest BCUT2D eigenvalue weighted by molar-refractivity contribution is 5.60. The van der Waals surface area contributed by atoms with Gasteiger partial charge in [0.2, 0.25) is 6.23 Å². The maximum absolute atomic E-state index is 11.5. The first-order valence-corrected chi connectivity index (χ1v) is 2.22. The Kier molecular flexibility index (Phi) is 1.44. The smallest absolute Gasteiger partial charge is 0.342 e. The Morgan fingerprint density at radius 3 is 2.44 bits per heavy atom. The fourth-order valence-corrected chi connectivity index (χ4v) is 0.441. The van der Waals surface area contributed by atoms with E-state index in [9.17, 15) is 13.2 Å². The Hall–Kier alpha value is -0.580. The third-order valence-electron chi connectivity index (χ3n) is 0.794. The Labute approximate surface area is 49.3 Å². The molecule has 0 N–H and O–H groups in total. The van der Waals surface area contributed by atoms with E-state index in [-0.39, 0.29) is 6.61 Å². The highest BCUT2D eigenvalue weighted by Gasteiger charge is 2.41. The summed E-state index contributed by atoms with van der Waals surface area (Å²) in [4.78, 5) is 2.91. The molecular weight excluding hydrogens is 135 g/mol. The van der Waals surface area contributed by atoms with Crippen molar-refractivity contribution in [2.24, 2.45) is 4.99 Å². The van der Waals surface area contributed by atoms with Crippen molar-refractivity contribution in [3.63, 3.8) is 0 Å². The summed E-state index contributed by atoms with van der Waals surface area (Å²) in [5.41, 5.74) is 0. The van der Waals surface area contributed by atoms with E-state index >= 15 is 0 Å². The second-order valence-electron chi connectivity index (χ2n) is 1.49. The summed E-state index contributed by atoms with van der Waals surface area (Å²) in [6.07, 6.45) is -4.28. The van der Waals surface area contributed by atoms with Crippen LogP contribution in [0.25, 0.3) is 0 Å². The number of ether oxygens (including phenoxy) is 1. The van der Waals surface area contributed by atoms with Crippen LogP contribution in [-0.4, -0.2) is 25.2 Å². The molecule has 2 nitrogen and oxygen atoms in total. The SMILES string of the molecule is FC(F)(F)C1N=[C]CO1. The molecule has 0 aromatic carbocycles. The lowest BCUT2D eigenvalue weighted by molar-refractivity contribution is -0.207. The summed E-state index contributed by atoms with van der Waals surface area (Å²) in [5.74, 6) is 0. The standard InChI is InChI=1S/C4H3F3NO/c5-4(6,7)3-8-1-2-9-3/h3H,2H2.